The van der Waals surface area contributed by atoms with Crippen molar-refractivity contribution in [2.45, 2.75) is 0 Å². The number of halogens is 2. The van der Waals surface area contributed by atoms with Gasteiger partial charge in [0.15, 0.2) is 0 Å². The molecule has 0 aromatic carbocycles. The maximum absolute atomic E-state index is 4.69. The maximum atomic E-state index is 4.69. The second-order valence-electron chi connectivity index (χ2n) is 1.02. The number of methoxy groups -OCH3 is 2. The van der Waals surface area contributed by atoms with Crippen molar-refractivity contribution >= 4 is 0 Å². The van der Waals surface area contributed by atoms with Gasteiger partial charge in [-0.3, -0.25) is 0 Å². The SMILES string of the molecule is COCOCOC.[Br+].[Br-]. The maximum Gasteiger partial charge on any atom is 1.00 e. The van der Waals surface area contributed by atoms with Crippen LogP contribution >= 0.6 is 0 Å². The molecule has 0 aromatic rings. The zero-order chi connectivity index (χ0) is 5.54. The molecular formula is C4H10Br2O3. The molecule has 0 saturated carbocycles. The van der Waals surface area contributed by atoms with Crippen molar-refractivity contribution in [3.05, 3.63) is 0 Å². The van der Waals surface area contributed by atoms with Crippen LogP contribution in [0, 0.1) is 17.0 Å². The van der Waals surface area contributed by atoms with Crippen molar-refractivity contribution in [3.8, 4) is 0 Å². The summed E-state index contributed by atoms with van der Waals surface area (Å²) in [5.41, 5.74) is 0. The second kappa shape index (κ2) is 15.9. The van der Waals surface area contributed by atoms with Gasteiger partial charge in [0, 0.05) is 14.2 Å². The Morgan fingerprint density at radius 2 is 1.33 bits per heavy atom. The average molecular weight is 266 g/mol. The van der Waals surface area contributed by atoms with E-state index in [2.05, 4.69) is 14.2 Å². The van der Waals surface area contributed by atoms with Crippen LogP contribution < -0.4 is 17.0 Å². The summed E-state index contributed by atoms with van der Waals surface area (Å²) < 4.78 is 13.8. The van der Waals surface area contributed by atoms with Crippen LogP contribution in [0.5, 0.6) is 0 Å². The Bertz CT molecular complexity index is 33.0. The minimum atomic E-state index is 0. The third-order valence-corrected chi connectivity index (χ3v) is 0.402. The Morgan fingerprint density at radius 1 is 1.00 bits per heavy atom. The van der Waals surface area contributed by atoms with Crippen LogP contribution in [0.3, 0.4) is 0 Å². The molecule has 58 valence electrons. The summed E-state index contributed by atoms with van der Waals surface area (Å²) in [6.45, 7) is 0.599. The first-order valence-electron chi connectivity index (χ1n) is 1.97. The van der Waals surface area contributed by atoms with E-state index in [9.17, 15) is 0 Å². The summed E-state index contributed by atoms with van der Waals surface area (Å²) in [5.74, 6) is 0. The first-order chi connectivity index (χ1) is 3.41. The van der Waals surface area contributed by atoms with Crippen molar-refractivity contribution in [1.82, 2.24) is 0 Å². The van der Waals surface area contributed by atoms with Crippen LogP contribution in [0.1, 0.15) is 0 Å². The third-order valence-electron chi connectivity index (χ3n) is 0.402. The Balaban J connectivity index is -0.000000180. The van der Waals surface area contributed by atoms with Crippen LogP contribution in [0.15, 0.2) is 0 Å². The number of hydrogen-bond donors (Lipinski definition) is 0. The van der Waals surface area contributed by atoms with Crippen molar-refractivity contribution in [2.24, 2.45) is 0 Å². The summed E-state index contributed by atoms with van der Waals surface area (Å²) in [5, 5.41) is 0. The first kappa shape index (κ1) is 16.4. The molecule has 2 radical (unpaired) electrons. The van der Waals surface area contributed by atoms with E-state index in [4.69, 9.17) is 0 Å². The van der Waals surface area contributed by atoms with Crippen LogP contribution in [-0.2, 0) is 14.2 Å². The van der Waals surface area contributed by atoms with Crippen molar-refractivity contribution in [2.75, 3.05) is 27.8 Å². The number of ether oxygens (including phenoxy) is 3. The van der Waals surface area contributed by atoms with Gasteiger partial charge in [-0.1, -0.05) is 0 Å². The Morgan fingerprint density at radius 3 is 1.56 bits per heavy atom. The van der Waals surface area contributed by atoms with E-state index in [0.29, 0.717) is 13.6 Å². The van der Waals surface area contributed by atoms with Gasteiger partial charge >= 0.3 is 17.0 Å². The molecule has 0 amide bonds. The molecule has 0 N–H and O–H groups in total. The minimum absolute atomic E-state index is 0. The summed E-state index contributed by atoms with van der Waals surface area (Å²) in [6.07, 6.45) is 0. The molecule has 0 aliphatic heterocycles. The van der Waals surface area contributed by atoms with Gasteiger partial charge in [-0.2, -0.15) is 0 Å². The predicted octanol–water partition coefficient (Wildman–Crippen LogP) is -2.79. The normalized spacial score (nSPS) is 7.33. The van der Waals surface area contributed by atoms with Crippen molar-refractivity contribution in [1.29, 1.82) is 0 Å². The monoisotopic (exact) mass is 264 g/mol. The van der Waals surface area contributed by atoms with Gasteiger partial charge in [0.25, 0.3) is 0 Å². The lowest BCUT2D eigenvalue weighted by molar-refractivity contribution is -0.107. The highest BCUT2D eigenvalue weighted by molar-refractivity contribution is 3.95. The highest BCUT2D eigenvalue weighted by Crippen LogP contribution is 1.72. The molecule has 0 atom stereocenters. The molecule has 0 heterocycles. The van der Waals surface area contributed by atoms with Crippen LogP contribution in [0.4, 0.5) is 0 Å². The molecule has 0 aliphatic rings. The largest absolute Gasteiger partial charge is 1.00 e. The summed E-state index contributed by atoms with van der Waals surface area (Å²) >= 11 is 0. The quantitative estimate of drug-likeness (QED) is 0.407. The smallest absolute Gasteiger partial charge is 1.00 e. The van der Waals surface area contributed by atoms with Gasteiger partial charge < -0.3 is 31.2 Å². The lowest BCUT2D eigenvalue weighted by atomic mass is 11.3. The van der Waals surface area contributed by atoms with Crippen molar-refractivity contribution in [3.63, 3.8) is 0 Å². The molecule has 0 aliphatic carbocycles. The van der Waals surface area contributed by atoms with Gasteiger partial charge in [-0.05, 0) is 0 Å². The third kappa shape index (κ3) is 17.7. The van der Waals surface area contributed by atoms with Crippen LogP contribution in [0.25, 0.3) is 0 Å². The number of rotatable bonds is 4. The molecular weight excluding hydrogens is 256 g/mol. The van der Waals surface area contributed by atoms with Crippen LogP contribution in [-0.4, -0.2) is 27.8 Å². The highest BCUT2D eigenvalue weighted by atomic mass is 79.9. The Hall–Kier alpha value is 0.840. The van der Waals surface area contributed by atoms with E-state index in [1.165, 1.54) is 0 Å². The molecule has 3 nitrogen and oxygen atoms in total. The van der Waals surface area contributed by atoms with E-state index in [1.807, 2.05) is 0 Å². The molecule has 0 saturated heterocycles. The molecule has 0 aromatic heterocycles. The first-order valence-corrected chi connectivity index (χ1v) is 1.97. The lowest BCUT2D eigenvalue weighted by Gasteiger charge is -1.97. The van der Waals surface area contributed by atoms with E-state index >= 15 is 0 Å². The Labute approximate surface area is 76.2 Å². The molecule has 0 bridgehead atoms. The van der Waals surface area contributed by atoms with Crippen LogP contribution in [0.2, 0.25) is 0 Å². The molecule has 0 fully saturated rings. The van der Waals surface area contributed by atoms with Gasteiger partial charge in [0.05, 0.1) is 0 Å². The topological polar surface area (TPSA) is 27.7 Å². The fourth-order valence-electron chi connectivity index (χ4n) is 0.201. The lowest BCUT2D eigenvalue weighted by Crippen LogP contribution is -3.00. The molecule has 5 heteroatoms. The van der Waals surface area contributed by atoms with E-state index in [-0.39, 0.29) is 34.0 Å². The van der Waals surface area contributed by atoms with Gasteiger partial charge in [0.2, 0.25) is 0 Å². The standard InChI is InChI=1S/C4H10O3.BrH.Br/c1-5-3-7-4-6-2;;/h3-4H2,1-2H3;1H;/q;;+1/p-1. The van der Waals surface area contributed by atoms with E-state index in [1.54, 1.807) is 14.2 Å². The highest BCUT2D eigenvalue weighted by Gasteiger charge is 1.76. The minimum Gasteiger partial charge on any atom is -1.00 e. The summed E-state index contributed by atoms with van der Waals surface area (Å²) in [7, 11) is 3.13. The van der Waals surface area contributed by atoms with Gasteiger partial charge in [-0.25, -0.2) is 0 Å². The summed E-state index contributed by atoms with van der Waals surface area (Å²) in [4.78, 5) is 0. The Kier molecular flexibility index (Phi) is 29.1. The van der Waals surface area contributed by atoms with E-state index in [0.717, 1.165) is 0 Å². The molecule has 9 heavy (non-hydrogen) atoms. The predicted molar refractivity (Wildman–Crippen MR) is 24.8 cm³/mol. The summed E-state index contributed by atoms with van der Waals surface area (Å²) in [6, 6.07) is 0. The zero-order valence-corrected chi connectivity index (χ0v) is 8.57. The van der Waals surface area contributed by atoms with Gasteiger partial charge in [0.1, 0.15) is 13.6 Å². The van der Waals surface area contributed by atoms with Gasteiger partial charge in [-0.15, -0.1) is 0 Å². The number of hydrogen-bond acceptors (Lipinski definition) is 3. The van der Waals surface area contributed by atoms with Crippen molar-refractivity contribution < 1.29 is 48.2 Å². The van der Waals surface area contributed by atoms with E-state index < -0.39 is 0 Å². The fourth-order valence-corrected chi connectivity index (χ4v) is 0.201. The average Bonchev–Trinajstić information content (AvgIpc) is 1.69. The zero-order valence-electron chi connectivity index (χ0n) is 5.39. The molecule has 0 rings (SSSR count). The second-order valence-corrected chi connectivity index (χ2v) is 1.02. The fraction of sp³-hybridized carbons (Fsp3) is 1.00. The molecule has 0 spiro atoms. The molecule has 0 unspecified atom stereocenters.